The highest BCUT2D eigenvalue weighted by Crippen LogP contribution is 2.29. The zero-order chi connectivity index (χ0) is 16.5. The molecule has 0 aliphatic rings. The summed E-state index contributed by atoms with van der Waals surface area (Å²) in [6.07, 6.45) is 0. The number of nitrogens with zero attached hydrogens (tertiary/aromatic N) is 1. The minimum Gasteiger partial charge on any atom is -0.278 e. The van der Waals surface area contributed by atoms with Crippen LogP contribution in [0.2, 0.25) is 10.0 Å². The molecule has 2 rings (SSSR count). The molecule has 0 aliphatic heterocycles. The van der Waals surface area contributed by atoms with E-state index in [1.807, 2.05) is 6.92 Å². The van der Waals surface area contributed by atoms with Crippen LogP contribution in [0.25, 0.3) is 0 Å². The lowest BCUT2D eigenvalue weighted by atomic mass is 10.2. The van der Waals surface area contributed by atoms with Gasteiger partial charge in [0.15, 0.2) is 0 Å². The summed E-state index contributed by atoms with van der Waals surface area (Å²) in [6, 6.07) is 8.04. The largest absolute Gasteiger partial charge is 0.289 e. The molecule has 0 unspecified atom stereocenters. The van der Waals surface area contributed by atoms with Crippen molar-refractivity contribution in [3.8, 4) is 0 Å². The average molecular weight is 361 g/mol. The molecule has 0 aromatic heterocycles. The summed E-state index contributed by atoms with van der Waals surface area (Å²) < 4.78 is 26.9. The SMILES string of the molecule is Cc1ccc(NS(=O)(=O)c2ccc(Cl)c([N+](=O)[O-])c2)c(Cl)c1. The minimum absolute atomic E-state index is 0.141. The third-order valence-corrected chi connectivity index (χ3v) is 4.79. The van der Waals surface area contributed by atoms with E-state index < -0.39 is 20.6 Å². The number of sulfonamides is 1. The summed E-state index contributed by atoms with van der Waals surface area (Å²) in [4.78, 5) is 9.81. The van der Waals surface area contributed by atoms with Gasteiger partial charge in [-0.1, -0.05) is 29.3 Å². The van der Waals surface area contributed by atoms with Gasteiger partial charge >= 0.3 is 0 Å². The van der Waals surface area contributed by atoms with E-state index in [4.69, 9.17) is 23.2 Å². The Morgan fingerprint density at radius 1 is 1.09 bits per heavy atom. The van der Waals surface area contributed by atoms with Crippen molar-refractivity contribution in [3.63, 3.8) is 0 Å². The fraction of sp³-hybridized carbons (Fsp3) is 0.0769. The van der Waals surface area contributed by atoms with Crippen LogP contribution in [0.15, 0.2) is 41.3 Å². The Kier molecular flexibility index (Phi) is 4.60. The molecule has 9 heteroatoms. The molecule has 0 aliphatic carbocycles. The summed E-state index contributed by atoms with van der Waals surface area (Å²) in [5.74, 6) is 0. The number of nitro benzene ring substituents is 1. The van der Waals surface area contributed by atoms with E-state index in [0.29, 0.717) is 0 Å². The predicted molar refractivity (Wildman–Crippen MR) is 85.1 cm³/mol. The van der Waals surface area contributed by atoms with Crippen LogP contribution in [-0.2, 0) is 10.0 Å². The summed E-state index contributed by atoms with van der Waals surface area (Å²) >= 11 is 11.6. The standard InChI is InChI=1S/C13H10Cl2N2O4S/c1-8-2-5-12(11(15)6-8)16-22(20,21)9-3-4-10(14)13(7-9)17(18)19/h2-7,16H,1H3. The molecule has 0 radical (unpaired) electrons. The highest BCUT2D eigenvalue weighted by Gasteiger charge is 2.21. The van der Waals surface area contributed by atoms with Gasteiger partial charge in [-0.05, 0) is 36.8 Å². The maximum absolute atomic E-state index is 12.3. The average Bonchev–Trinajstić information content (AvgIpc) is 2.42. The van der Waals surface area contributed by atoms with Crippen molar-refractivity contribution in [3.05, 3.63) is 62.1 Å². The van der Waals surface area contributed by atoms with Crippen molar-refractivity contribution in [2.45, 2.75) is 11.8 Å². The Morgan fingerprint density at radius 2 is 1.77 bits per heavy atom. The summed E-state index contributed by atoms with van der Waals surface area (Å²) in [5.41, 5.74) is 0.569. The predicted octanol–water partition coefficient (Wildman–Crippen LogP) is 4.01. The van der Waals surface area contributed by atoms with Gasteiger partial charge in [0.1, 0.15) is 5.02 Å². The van der Waals surface area contributed by atoms with Crippen LogP contribution in [0.1, 0.15) is 5.56 Å². The molecule has 1 N–H and O–H groups in total. The van der Waals surface area contributed by atoms with Gasteiger partial charge in [0.25, 0.3) is 15.7 Å². The van der Waals surface area contributed by atoms with E-state index >= 15 is 0 Å². The second-order valence-corrected chi connectivity index (χ2v) is 6.96. The Bertz CT molecular complexity index is 853. The first kappa shape index (κ1) is 16.5. The molecule has 2 aromatic rings. The fourth-order valence-electron chi connectivity index (χ4n) is 1.71. The molecule has 116 valence electrons. The van der Waals surface area contributed by atoms with E-state index in [1.54, 1.807) is 12.1 Å². The number of hydrogen-bond donors (Lipinski definition) is 1. The highest BCUT2D eigenvalue weighted by molar-refractivity contribution is 7.92. The van der Waals surface area contributed by atoms with Crippen molar-refractivity contribution in [1.29, 1.82) is 0 Å². The number of aryl methyl sites for hydroxylation is 1. The van der Waals surface area contributed by atoms with E-state index in [2.05, 4.69) is 4.72 Å². The van der Waals surface area contributed by atoms with Gasteiger partial charge in [-0.2, -0.15) is 0 Å². The van der Waals surface area contributed by atoms with E-state index in [1.165, 1.54) is 12.1 Å². The minimum atomic E-state index is -4.02. The molecule has 0 amide bonds. The molecule has 0 saturated carbocycles. The number of rotatable bonds is 4. The second kappa shape index (κ2) is 6.12. The van der Waals surface area contributed by atoms with Crippen LogP contribution < -0.4 is 4.72 Å². The number of nitro groups is 1. The first-order chi connectivity index (χ1) is 10.2. The van der Waals surface area contributed by atoms with Crippen molar-refractivity contribution < 1.29 is 13.3 Å². The monoisotopic (exact) mass is 360 g/mol. The van der Waals surface area contributed by atoms with E-state index in [-0.39, 0.29) is 20.6 Å². The number of benzene rings is 2. The molecule has 0 saturated heterocycles. The lowest BCUT2D eigenvalue weighted by Crippen LogP contribution is -2.13. The van der Waals surface area contributed by atoms with Gasteiger partial charge in [-0.25, -0.2) is 8.42 Å². The van der Waals surface area contributed by atoms with Crippen LogP contribution in [-0.4, -0.2) is 13.3 Å². The van der Waals surface area contributed by atoms with Gasteiger partial charge < -0.3 is 0 Å². The van der Waals surface area contributed by atoms with E-state index in [9.17, 15) is 18.5 Å². The Hall–Kier alpha value is -1.83. The highest BCUT2D eigenvalue weighted by atomic mass is 35.5. The molecule has 2 aromatic carbocycles. The van der Waals surface area contributed by atoms with Crippen LogP contribution in [0.4, 0.5) is 11.4 Å². The van der Waals surface area contributed by atoms with Crippen molar-refractivity contribution in [2.24, 2.45) is 0 Å². The van der Waals surface area contributed by atoms with Crippen molar-refractivity contribution in [1.82, 2.24) is 0 Å². The van der Waals surface area contributed by atoms with Crippen LogP contribution in [0, 0.1) is 17.0 Å². The molecule has 6 nitrogen and oxygen atoms in total. The summed E-state index contributed by atoms with van der Waals surface area (Å²) in [6.45, 7) is 1.81. The van der Waals surface area contributed by atoms with E-state index in [0.717, 1.165) is 17.7 Å². The third-order valence-electron chi connectivity index (χ3n) is 2.79. The topological polar surface area (TPSA) is 89.3 Å². The van der Waals surface area contributed by atoms with Crippen LogP contribution in [0.3, 0.4) is 0 Å². The smallest absolute Gasteiger partial charge is 0.278 e. The third kappa shape index (κ3) is 3.49. The van der Waals surface area contributed by atoms with Gasteiger partial charge in [-0.15, -0.1) is 0 Å². The van der Waals surface area contributed by atoms with Gasteiger partial charge in [0, 0.05) is 6.07 Å². The first-order valence-corrected chi connectivity index (χ1v) is 8.17. The maximum Gasteiger partial charge on any atom is 0.289 e. The maximum atomic E-state index is 12.3. The zero-order valence-corrected chi connectivity index (χ0v) is 13.5. The quantitative estimate of drug-likeness (QED) is 0.658. The molecule has 0 heterocycles. The Balaban J connectivity index is 2.42. The molecule has 0 atom stereocenters. The molecule has 0 spiro atoms. The number of anilines is 1. The van der Waals surface area contributed by atoms with Gasteiger partial charge in [-0.3, -0.25) is 14.8 Å². The van der Waals surface area contributed by atoms with Gasteiger partial charge in [0.2, 0.25) is 0 Å². The molecule has 22 heavy (non-hydrogen) atoms. The lowest BCUT2D eigenvalue weighted by molar-refractivity contribution is -0.384. The molecule has 0 bridgehead atoms. The Labute approximate surface area is 136 Å². The number of hydrogen-bond acceptors (Lipinski definition) is 4. The fourth-order valence-corrected chi connectivity index (χ4v) is 3.33. The summed E-state index contributed by atoms with van der Waals surface area (Å²) in [5, 5.41) is 10.9. The first-order valence-electron chi connectivity index (χ1n) is 5.93. The zero-order valence-electron chi connectivity index (χ0n) is 11.2. The molecular formula is C13H10Cl2N2O4S. The number of halogens is 2. The van der Waals surface area contributed by atoms with Crippen LogP contribution >= 0.6 is 23.2 Å². The lowest BCUT2D eigenvalue weighted by Gasteiger charge is -2.10. The summed E-state index contributed by atoms with van der Waals surface area (Å²) in [7, 11) is -4.02. The Morgan fingerprint density at radius 3 is 2.36 bits per heavy atom. The number of nitrogens with one attached hydrogen (secondary N) is 1. The molecular weight excluding hydrogens is 351 g/mol. The van der Waals surface area contributed by atoms with Crippen molar-refractivity contribution >= 4 is 44.6 Å². The second-order valence-electron chi connectivity index (χ2n) is 4.46. The van der Waals surface area contributed by atoms with Gasteiger partial charge in [0.05, 0.1) is 20.5 Å². The van der Waals surface area contributed by atoms with Crippen LogP contribution in [0.5, 0.6) is 0 Å². The normalized spacial score (nSPS) is 11.2. The van der Waals surface area contributed by atoms with Crippen molar-refractivity contribution in [2.75, 3.05) is 4.72 Å². The molecule has 0 fully saturated rings.